The molecule has 3 heteroatoms. The zero-order chi connectivity index (χ0) is 12.4. The summed E-state index contributed by atoms with van der Waals surface area (Å²) in [7, 11) is 0. The Hall–Kier alpha value is -2.13. The van der Waals surface area contributed by atoms with Gasteiger partial charge in [-0.2, -0.15) is 0 Å². The molecule has 0 fully saturated rings. The van der Waals surface area contributed by atoms with Crippen LogP contribution in [0.2, 0.25) is 0 Å². The van der Waals surface area contributed by atoms with Crippen LogP contribution in [0.1, 0.15) is 5.82 Å². The Morgan fingerprint density at radius 3 is 2.44 bits per heavy atom. The van der Waals surface area contributed by atoms with Crippen LogP contribution in [0, 0.1) is 0 Å². The van der Waals surface area contributed by atoms with Gasteiger partial charge >= 0.3 is 0 Å². The van der Waals surface area contributed by atoms with Gasteiger partial charge in [0.15, 0.2) is 0 Å². The second kappa shape index (κ2) is 4.63. The van der Waals surface area contributed by atoms with E-state index in [9.17, 15) is 0 Å². The highest BCUT2D eigenvalue weighted by molar-refractivity contribution is 5.78. The van der Waals surface area contributed by atoms with Gasteiger partial charge < -0.3 is 5.73 Å². The molecule has 0 radical (unpaired) electrons. The van der Waals surface area contributed by atoms with Crippen molar-refractivity contribution in [3.63, 3.8) is 0 Å². The fraction of sp³-hybridized carbons (Fsp3) is 0.133. The summed E-state index contributed by atoms with van der Waals surface area (Å²) < 4.78 is 2.18. The number of hydrogen-bond donors (Lipinski definition) is 1. The normalized spacial score (nSPS) is 10.9. The predicted octanol–water partition coefficient (Wildman–Crippen LogP) is 2.53. The van der Waals surface area contributed by atoms with Crippen molar-refractivity contribution in [2.75, 3.05) is 6.54 Å². The maximum atomic E-state index is 5.68. The minimum Gasteiger partial charge on any atom is -0.330 e. The summed E-state index contributed by atoms with van der Waals surface area (Å²) in [5.74, 6) is 1.02. The number of para-hydroxylation sites is 3. The van der Waals surface area contributed by atoms with Crippen LogP contribution in [-0.2, 0) is 6.42 Å². The molecule has 3 rings (SSSR count). The summed E-state index contributed by atoms with van der Waals surface area (Å²) in [5.41, 5.74) is 8.96. The van der Waals surface area contributed by atoms with Gasteiger partial charge in [-0.15, -0.1) is 0 Å². The molecule has 0 aliphatic carbocycles. The van der Waals surface area contributed by atoms with Gasteiger partial charge in [0, 0.05) is 12.1 Å². The maximum absolute atomic E-state index is 5.68. The van der Waals surface area contributed by atoms with Crippen molar-refractivity contribution in [1.82, 2.24) is 9.55 Å². The molecular formula is C15H15N3. The van der Waals surface area contributed by atoms with Crippen LogP contribution in [0.25, 0.3) is 16.7 Å². The molecule has 0 unspecified atom stereocenters. The van der Waals surface area contributed by atoms with E-state index in [1.54, 1.807) is 0 Å². The van der Waals surface area contributed by atoms with E-state index in [1.165, 1.54) is 0 Å². The van der Waals surface area contributed by atoms with Gasteiger partial charge in [0.1, 0.15) is 5.82 Å². The highest BCUT2D eigenvalue weighted by Gasteiger charge is 2.10. The van der Waals surface area contributed by atoms with E-state index in [-0.39, 0.29) is 0 Å². The van der Waals surface area contributed by atoms with Crippen molar-refractivity contribution in [1.29, 1.82) is 0 Å². The first kappa shape index (κ1) is 11.0. The zero-order valence-corrected chi connectivity index (χ0v) is 10.1. The SMILES string of the molecule is NCCc1nc2ccccc2n1-c1ccccc1. The van der Waals surface area contributed by atoms with E-state index < -0.39 is 0 Å². The highest BCUT2D eigenvalue weighted by atomic mass is 15.1. The summed E-state index contributed by atoms with van der Waals surface area (Å²) in [4.78, 5) is 4.66. The predicted molar refractivity (Wildman–Crippen MR) is 73.8 cm³/mol. The van der Waals surface area contributed by atoms with Crippen molar-refractivity contribution >= 4 is 11.0 Å². The Kier molecular flexibility index (Phi) is 2.82. The van der Waals surface area contributed by atoms with Gasteiger partial charge in [0.05, 0.1) is 11.0 Å². The third-order valence-electron chi connectivity index (χ3n) is 3.01. The van der Waals surface area contributed by atoms with Gasteiger partial charge in [-0.1, -0.05) is 30.3 Å². The van der Waals surface area contributed by atoms with Crippen molar-refractivity contribution < 1.29 is 0 Å². The van der Waals surface area contributed by atoms with Crippen molar-refractivity contribution in [2.45, 2.75) is 6.42 Å². The molecule has 0 saturated heterocycles. The standard InChI is InChI=1S/C15H15N3/c16-11-10-15-17-13-8-4-5-9-14(13)18(15)12-6-2-1-3-7-12/h1-9H,10-11,16H2. The molecule has 0 atom stereocenters. The molecule has 2 aromatic carbocycles. The molecule has 2 N–H and O–H groups in total. The first-order valence-electron chi connectivity index (χ1n) is 6.12. The lowest BCUT2D eigenvalue weighted by molar-refractivity contribution is 0.848. The lowest BCUT2D eigenvalue weighted by atomic mass is 10.2. The van der Waals surface area contributed by atoms with E-state index in [0.29, 0.717) is 6.54 Å². The Morgan fingerprint density at radius 2 is 1.67 bits per heavy atom. The Bertz CT molecular complexity index is 656. The number of hydrogen-bond acceptors (Lipinski definition) is 2. The van der Waals surface area contributed by atoms with E-state index in [1.807, 2.05) is 36.4 Å². The summed E-state index contributed by atoms with van der Waals surface area (Å²) in [6, 6.07) is 18.5. The molecule has 1 heterocycles. The largest absolute Gasteiger partial charge is 0.330 e. The fourth-order valence-electron chi connectivity index (χ4n) is 2.24. The van der Waals surface area contributed by atoms with Gasteiger partial charge in [-0.3, -0.25) is 4.57 Å². The molecule has 3 aromatic rings. The second-order valence-corrected chi connectivity index (χ2v) is 4.23. The average Bonchev–Trinajstić information content (AvgIpc) is 2.78. The van der Waals surface area contributed by atoms with Crippen LogP contribution in [0.5, 0.6) is 0 Å². The maximum Gasteiger partial charge on any atom is 0.115 e. The molecule has 0 saturated carbocycles. The lowest BCUT2D eigenvalue weighted by Crippen LogP contribution is -2.08. The number of nitrogens with zero attached hydrogens (tertiary/aromatic N) is 2. The number of imidazole rings is 1. The molecule has 0 aliphatic rings. The van der Waals surface area contributed by atoms with Gasteiger partial charge in [0.25, 0.3) is 0 Å². The first-order valence-corrected chi connectivity index (χ1v) is 6.12. The van der Waals surface area contributed by atoms with Crippen LogP contribution in [0.4, 0.5) is 0 Å². The summed E-state index contributed by atoms with van der Waals surface area (Å²) in [5, 5.41) is 0. The number of fused-ring (bicyclic) bond motifs is 1. The molecule has 0 bridgehead atoms. The number of nitrogens with two attached hydrogens (primary N) is 1. The van der Waals surface area contributed by atoms with Crippen LogP contribution in [-0.4, -0.2) is 16.1 Å². The fourth-order valence-corrected chi connectivity index (χ4v) is 2.24. The Balaban J connectivity index is 2.28. The van der Waals surface area contributed by atoms with E-state index in [0.717, 1.165) is 29.0 Å². The van der Waals surface area contributed by atoms with Crippen LogP contribution < -0.4 is 5.73 Å². The smallest absolute Gasteiger partial charge is 0.115 e. The highest BCUT2D eigenvalue weighted by Crippen LogP contribution is 2.21. The van der Waals surface area contributed by atoms with E-state index in [4.69, 9.17) is 5.73 Å². The molecule has 3 nitrogen and oxygen atoms in total. The van der Waals surface area contributed by atoms with Gasteiger partial charge in [0.2, 0.25) is 0 Å². The lowest BCUT2D eigenvalue weighted by Gasteiger charge is -2.08. The number of benzene rings is 2. The molecule has 0 spiro atoms. The van der Waals surface area contributed by atoms with Gasteiger partial charge in [-0.25, -0.2) is 4.98 Å². The average molecular weight is 237 g/mol. The second-order valence-electron chi connectivity index (χ2n) is 4.23. The first-order chi connectivity index (χ1) is 8.90. The summed E-state index contributed by atoms with van der Waals surface area (Å²) in [6.07, 6.45) is 0.781. The third kappa shape index (κ3) is 1.79. The molecule has 0 amide bonds. The minimum atomic E-state index is 0.607. The molecule has 18 heavy (non-hydrogen) atoms. The molecule has 1 aromatic heterocycles. The number of aromatic nitrogens is 2. The van der Waals surface area contributed by atoms with Crippen LogP contribution in [0.3, 0.4) is 0 Å². The van der Waals surface area contributed by atoms with E-state index >= 15 is 0 Å². The van der Waals surface area contributed by atoms with E-state index in [2.05, 4.69) is 27.8 Å². The molecule has 0 aliphatic heterocycles. The van der Waals surface area contributed by atoms with Crippen LogP contribution in [0.15, 0.2) is 54.6 Å². The molecule has 90 valence electrons. The topological polar surface area (TPSA) is 43.8 Å². The Morgan fingerprint density at radius 1 is 0.944 bits per heavy atom. The minimum absolute atomic E-state index is 0.607. The van der Waals surface area contributed by atoms with Gasteiger partial charge in [-0.05, 0) is 30.8 Å². The van der Waals surface area contributed by atoms with Crippen LogP contribution >= 0.6 is 0 Å². The van der Waals surface area contributed by atoms with Crippen molar-refractivity contribution in [2.24, 2.45) is 5.73 Å². The van der Waals surface area contributed by atoms with Crippen molar-refractivity contribution in [3.8, 4) is 5.69 Å². The summed E-state index contributed by atoms with van der Waals surface area (Å²) in [6.45, 7) is 0.607. The third-order valence-corrected chi connectivity index (χ3v) is 3.01. The zero-order valence-electron chi connectivity index (χ0n) is 10.1. The summed E-state index contributed by atoms with van der Waals surface area (Å²) >= 11 is 0. The quantitative estimate of drug-likeness (QED) is 0.760. The number of rotatable bonds is 3. The monoisotopic (exact) mass is 237 g/mol. The van der Waals surface area contributed by atoms with Crippen molar-refractivity contribution in [3.05, 3.63) is 60.4 Å². The Labute approximate surface area is 106 Å². The molecular weight excluding hydrogens is 222 g/mol.